The van der Waals surface area contributed by atoms with Gasteiger partial charge in [0.1, 0.15) is 5.75 Å². The van der Waals surface area contributed by atoms with Crippen LogP contribution in [0.3, 0.4) is 0 Å². The lowest BCUT2D eigenvalue weighted by molar-refractivity contribution is 0.414. The summed E-state index contributed by atoms with van der Waals surface area (Å²) in [5.74, 6) is 0.842. The number of hydrogen-bond acceptors (Lipinski definition) is 2. The van der Waals surface area contributed by atoms with E-state index in [9.17, 15) is 0 Å². The van der Waals surface area contributed by atoms with E-state index in [0.717, 1.165) is 28.4 Å². The highest BCUT2D eigenvalue weighted by Gasteiger charge is 2.17. The first-order chi connectivity index (χ1) is 11.8. The predicted octanol–water partition coefficient (Wildman–Crippen LogP) is 4.96. The van der Waals surface area contributed by atoms with Crippen LogP contribution in [-0.2, 0) is 0 Å². The van der Waals surface area contributed by atoms with Crippen LogP contribution in [0.15, 0.2) is 72.8 Å². The molecule has 24 heavy (non-hydrogen) atoms. The van der Waals surface area contributed by atoms with E-state index < -0.39 is 0 Å². The molecule has 1 aliphatic heterocycles. The van der Waals surface area contributed by atoms with Crippen LogP contribution in [0, 0.1) is 6.92 Å². The van der Waals surface area contributed by atoms with Crippen LogP contribution in [0.2, 0.25) is 0 Å². The van der Waals surface area contributed by atoms with Crippen LogP contribution < -0.4 is 4.74 Å². The molecule has 2 aliphatic rings. The summed E-state index contributed by atoms with van der Waals surface area (Å²) in [6.45, 7) is 2.11. The van der Waals surface area contributed by atoms with Gasteiger partial charge in [-0.15, -0.1) is 0 Å². The average molecular weight is 314 g/mol. The summed E-state index contributed by atoms with van der Waals surface area (Å²) in [5.41, 5.74) is 6.67. The molecule has 3 heteroatoms. The second-order valence-corrected chi connectivity index (χ2v) is 5.76. The van der Waals surface area contributed by atoms with Gasteiger partial charge in [-0.3, -0.25) is 0 Å². The van der Waals surface area contributed by atoms with Crippen molar-refractivity contribution in [2.75, 3.05) is 7.11 Å². The van der Waals surface area contributed by atoms with E-state index in [4.69, 9.17) is 9.84 Å². The molecule has 2 aromatic carbocycles. The molecule has 2 aromatic rings. The van der Waals surface area contributed by atoms with E-state index in [-0.39, 0.29) is 0 Å². The summed E-state index contributed by atoms with van der Waals surface area (Å²) in [7, 11) is 1.68. The zero-order valence-corrected chi connectivity index (χ0v) is 13.7. The van der Waals surface area contributed by atoms with E-state index in [1.165, 1.54) is 11.1 Å². The number of aromatic nitrogens is 2. The van der Waals surface area contributed by atoms with Crippen molar-refractivity contribution in [1.29, 1.82) is 0 Å². The molecule has 0 spiro atoms. The third-order valence-corrected chi connectivity index (χ3v) is 4.34. The molecule has 0 radical (unpaired) electrons. The first-order valence-electron chi connectivity index (χ1n) is 7.96. The zero-order valence-electron chi connectivity index (χ0n) is 13.7. The maximum atomic E-state index is 5.26. The number of benzene rings is 2. The fourth-order valence-corrected chi connectivity index (χ4v) is 3.07. The van der Waals surface area contributed by atoms with Crippen molar-refractivity contribution in [2.24, 2.45) is 0 Å². The fraction of sp³-hybridized carbons (Fsp3) is 0.0952. The minimum Gasteiger partial charge on any atom is -0.497 e. The van der Waals surface area contributed by atoms with Crippen molar-refractivity contribution >= 4 is 0 Å². The van der Waals surface area contributed by atoms with Gasteiger partial charge in [0.15, 0.2) is 0 Å². The molecule has 1 aliphatic carbocycles. The van der Waals surface area contributed by atoms with Gasteiger partial charge in [0, 0.05) is 22.4 Å². The van der Waals surface area contributed by atoms with Crippen molar-refractivity contribution < 1.29 is 4.74 Å². The van der Waals surface area contributed by atoms with Gasteiger partial charge in [0.05, 0.1) is 18.5 Å². The molecular formula is C21H18N2O. The maximum Gasteiger partial charge on any atom is 0.119 e. The minimum atomic E-state index is 0.842. The van der Waals surface area contributed by atoms with Gasteiger partial charge in [-0.05, 0) is 31.2 Å². The first kappa shape index (κ1) is 14.5. The highest BCUT2D eigenvalue weighted by molar-refractivity contribution is 5.83. The Hall–Kier alpha value is -3.07. The fourth-order valence-electron chi connectivity index (χ4n) is 3.07. The molecule has 0 fully saturated rings. The standard InChI is InChI=1S/C21H18N2O/c1-15-19-9-6-10-20(19)21(16-7-4-3-5-8-16)22-23(15)17-11-13-18(24-2)14-12-17/h3-14H,1-2H3. The molecule has 0 saturated heterocycles. The van der Waals surface area contributed by atoms with Gasteiger partial charge in [-0.25, -0.2) is 4.68 Å². The summed E-state index contributed by atoms with van der Waals surface area (Å²) >= 11 is 0. The number of fused-ring (bicyclic) bond motifs is 1. The summed E-state index contributed by atoms with van der Waals surface area (Å²) in [4.78, 5) is 0. The van der Waals surface area contributed by atoms with Gasteiger partial charge in [-0.2, -0.15) is 5.10 Å². The number of nitrogens with zero attached hydrogens (tertiary/aromatic N) is 2. The summed E-state index contributed by atoms with van der Waals surface area (Å²) in [6, 6.07) is 24.7. The SMILES string of the molecule is COc1ccc(-n2nc(-c3ccccc3)c3cccc-3c2C)cc1. The molecule has 0 saturated carbocycles. The molecule has 0 unspecified atom stereocenters. The molecule has 3 nitrogen and oxygen atoms in total. The van der Waals surface area contributed by atoms with E-state index in [1.54, 1.807) is 7.11 Å². The van der Waals surface area contributed by atoms with Crippen LogP contribution >= 0.6 is 0 Å². The van der Waals surface area contributed by atoms with E-state index in [1.807, 2.05) is 47.1 Å². The molecule has 0 bridgehead atoms. The lowest BCUT2D eigenvalue weighted by Gasteiger charge is -2.18. The molecule has 4 rings (SSSR count). The number of ether oxygens (including phenoxy) is 1. The molecule has 0 aromatic heterocycles. The summed E-state index contributed by atoms with van der Waals surface area (Å²) < 4.78 is 7.26. The first-order valence-corrected chi connectivity index (χ1v) is 7.96. The molecule has 118 valence electrons. The van der Waals surface area contributed by atoms with Crippen molar-refractivity contribution in [3.63, 3.8) is 0 Å². The highest BCUT2D eigenvalue weighted by atomic mass is 16.5. The highest BCUT2D eigenvalue weighted by Crippen LogP contribution is 2.35. The second-order valence-electron chi connectivity index (χ2n) is 5.76. The quantitative estimate of drug-likeness (QED) is 0.534. The Morgan fingerprint density at radius 1 is 0.792 bits per heavy atom. The third-order valence-electron chi connectivity index (χ3n) is 4.34. The van der Waals surface area contributed by atoms with Crippen LogP contribution in [0.1, 0.15) is 5.69 Å². The molecule has 0 atom stereocenters. The Balaban J connectivity index is 1.95. The Morgan fingerprint density at radius 2 is 1.50 bits per heavy atom. The lowest BCUT2D eigenvalue weighted by Crippen LogP contribution is -2.09. The Morgan fingerprint density at radius 3 is 2.21 bits per heavy atom. The molecule has 1 heterocycles. The van der Waals surface area contributed by atoms with Crippen LogP contribution in [0.4, 0.5) is 0 Å². The smallest absolute Gasteiger partial charge is 0.119 e. The van der Waals surface area contributed by atoms with Gasteiger partial charge in [0.2, 0.25) is 0 Å². The average Bonchev–Trinajstić information content (AvgIpc) is 3.13. The largest absolute Gasteiger partial charge is 0.497 e. The monoisotopic (exact) mass is 314 g/mol. The predicted molar refractivity (Wildman–Crippen MR) is 96.9 cm³/mol. The summed E-state index contributed by atoms with van der Waals surface area (Å²) in [5, 5.41) is 4.94. The Labute approximate surface area is 141 Å². The molecule has 0 N–H and O–H groups in total. The Kier molecular flexibility index (Phi) is 3.54. The van der Waals surface area contributed by atoms with E-state index in [2.05, 4.69) is 37.3 Å². The number of methoxy groups -OCH3 is 1. The van der Waals surface area contributed by atoms with Gasteiger partial charge in [0.25, 0.3) is 0 Å². The number of hydrogen-bond donors (Lipinski definition) is 0. The van der Waals surface area contributed by atoms with Crippen molar-refractivity contribution in [2.45, 2.75) is 6.92 Å². The van der Waals surface area contributed by atoms with Gasteiger partial charge < -0.3 is 4.74 Å². The van der Waals surface area contributed by atoms with Crippen LogP contribution in [0.5, 0.6) is 5.75 Å². The zero-order chi connectivity index (χ0) is 16.5. The van der Waals surface area contributed by atoms with Crippen molar-refractivity contribution in [1.82, 2.24) is 9.78 Å². The van der Waals surface area contributed by atoms with Gasteiger partial charge in [-0.1, -0.05) is 48.5 Å². The second kappa shape index (κ2) is 5.85. The van der Waals surface area contributed by atoms with Crippen LogP contribution in [-0.4, -0.2) is 16.9 Å². The lowest BCUT2D eigenvalue weighted by atomic mass is 10.0. The Bertz CT molecular complexity index is 940. The minimum absolute atomic E-state index is 0.842. The van der Waals surface area contributed by atoms with Crippen LogP contribution in [0.25, 0.3) is 28.1 Å². The van der Waals surface area contributed by atoms with E-state index >= 15 is 0 Å². The van der Waals surface area contributed by atoms with Gasteiger partial charge >= 0.3 is 0 Å². The maximum absolute atomic E-state index is 5.26. The molecular weight excluding hydrogens is 296 g/mol. The number of rotatable bonds is 3. The third kappa shape index (κ3) is 2.35. The summed E-state index contributed by atoms with van der Waals surface area (Å²) in [6.07, 6.45) is 0. The molecule has 0 amide bonds. The topological polar surface area (TPSA) is 27.1 Å². The normalized spacial score (nSPS) is 10.9. The van der Waals surface area contributed by atoms with E-state index in [0.29, 0.717) is 0 Å². The van der Waals surface area contributed by atoms with Crippen molar-refractivity contribution in [3.05, 3.63) is 78.5 Å². The van der Waals surface area contributed by atoms with Crippen molar-refractivity contribution in [3.8, 4) is 33.8 Å².